The monoisotopic (exact) mass is 239 g/mol. The van der Waals surface area contributed by atoms with Crippen molar-refractivity contribution in [2.24, 2.45) is 16.7 Å². The van der Waals surface area contributed by atoms with E-state index in [4.69, 9.17) is 0 Å². The molecule has 3 fully saturated rings. The number of carbonyl (C=O) groups is 1. The van der Waals surface area contributed by atoms with Gasteiger partial charge in [0, 0.05) is 13.0 Å². The molecule has 2 nitrogen and oxygen atoms in total. The second-order valence-electron chi connectivity index (χ2n) is 6.25. The Labute approximate surface area is 103 Å². The van der Waals surface area contributed by atoms with Gasteiger partial charge in [0.2, 0.25) is 5.91 Å². The number of thiol groups is 1. The van der Waals surface area contributed by atoms with Gasteiger partial charge in [-0.2, -0.15) is 12.6 Å². The van der Waals surface area contributed by atoms with Gasteiger partial charge in [0.1, 0.15) is 0 Å². The van der Waals surface area contributed by atoms with Crippen molar-refractivity contribution in [3.8, 4) is 0 Å². The molecule has 0 bridgehead atoms. The largest absolute Gasteiger partial charge is 0.356 e. The lowest BCUT2D eigenvalue weighted by atomic mass is 10.00. The Bertz CT molecular complexity index is 303. The molecule has 0 aromatic rings. The van der Waals surface area contributed by atoms with E-state index in [9.17, 15) is 4.79 Å². The predicted octanol–water partition coefficient (Wildman–Crippen LogP) is 2.39. The van der Waals surface area contributed by atoms with Crippen LogP contribution >= 0.6 is 12.6 Å². The molecular weight excluding hydrogens is 218 g/mol. The van der Waals surface area contributed by atoms with Gasteiger partial charge in [0.15, 0.2) is 0 Å². The first-order valence-corrected chi connectivity index (χ1v) is 7.19. The van der Waals surface area contributed by atoms with Gasteiger partial charge in [-0.3, -0.25) is 4.79 Å². The fourth-order valence-electron chi connectivity index (χ4n) is 2.83. The highest BCUT2D eigenvalue weighted by Gasteiger charge is 2.53. The summed E-state index contributed by atoms with van der Waals surface area (Å²) in [6.07, 6.45) is 8.57. The molecular formula is C13H21NOS. The van der Waals surface area contributed by atoms with Crippen molar-refractivity contribution in [1.82, 2.24) is 5.32 Å². The first kappa shape index (κ1) is 10.9. The molecule has 1 amide bonds. The van der Waals surface area contributed by atoms with Gasteiger partial charge in [0.25, 0.3) is 0 Å². The zero-order chi connectivity index (χ0) is 11.2. The van der Waals surface area contributed by atoms with Crippen LogP contribution in [0.25, 0.3) is 0 Å². The van der Waals surface area contributed by atoms with E-state index in [0.29, 0.717) is 11.8 Å². The first-order valence-electron chi connectivity index (χ1n) is 6.56. The molecule has 16 heavy (non-hydrogen) atoms. The van der Waals surface area contributed by atoms with E-state index in [2.05, 4.69) is 17.9 Å². The molecule has 3 aliphatic carbocycles. The van der Waals surface area contributed by atoms with Gasteiger partial charge in [-0.05, 0) is 61.0 Å². The lowest BCUT2D eigenvalue weighted by Gasteiger charge is -2.17. The quantitative estimate of drug-likeness (QED) is 0.685. The topological polar surface area (TPSA) is 29.1 Å². The van der Waals surface area contributed by atoms with Crippen LogP contribution in [0, 0.1) is 16.7 Å². The van der Waals surface area contributed by atoms with Crippen molar-refractivity contribution in [2.45, 2.75) is 44.9 Å². The van der Waals surface area contributed by atoms with Gasteiger partial charge in [0.05, 0.1) is 0 Å². The second kappa shape index (κ2) is 3.66. The molecule has 0 saturated heterocycles. The number of amides is 1. The standard InChI is InChI=1S/C13H21NOS/c15-11(7-12(9-16)3-4-12)14-8-13(5-6-13)10-1-2-10/h10,16H,1-9H2,(H,14,15). The number of hydrogen-bond acceptors (Lipinski definition) is 2. The van der Waals surface area contributed by atoms with E-state index in [0.717, 1.165) is 18.2 Å². The van der Waals surface area contributed by atoms with Crippen LogP contribution in [0.4, 0.5) is 0 Å². The summed E-state index contributed by atoms with van der Waals surface area (Å²) < 4.78 is 0. The van der Waals surface area contributed by atoms with Crippen LogP contribution in [0.1, 0.15) is 44.9 Å². The maximum atomic E-state index is 11.8. The van der Waals surface area contributed by atoms with Crippen LogP contribution in [0.3, 0.4) is 0 Å². The Balaban J connectivity index is 1.43. The van der Waals surface area contributed by atoms with Gasteiger partial charge in [-0.15, -0.1) is 0 Å². The molecule has 0 atom stereocenters. The molecule has 3 heteroatoms. The molecule has 0 radical (unpaired) electrons. The Kier molecular flexibility index (Phi) is 2.50. The number of carbonyl (C=O) groups excluding carboxylic acids is 1. The third kappa shape index (κ3) is 2.11. The summed E-state index contributed by atoms with van der Waals surface area (Å²) in [6.45, 7) is 0.944. The number of nitrogens with one attached hydrogen (secondary N) is 1. The van der Waals surface area contributed by atoms with E-state index in [1.807, 2.05) is 0 Å². The van der Waals surface area contributed by atoms with E-state index in [1.165, 1.54) is 38.5 Å². The lowest BCUT2D eigenvalue weighted by molar-refractivity contribution is -0.122. The zero-order valence-electron chi connectivity index (χ0n) is 9.80. The van der Waals surface area contributed by atoms with Crippen molar-refractivity contribution < 1.29 is 4.79 Å². The van der Waals surface area contributed by atoms with Crippen molar-refractivity contribution in [2.75, 3.05) is 12.3 Å². The summed E-state index contributed by atoms with van der Waals surface area (Å²) in [5.41, 5.74) is 0.802. The van der Waals surface area contributed by atoms with E-state index in [1.54, 1.807) is 0 Å². The Hall–Kier alpha value is -0.180. The van der Waals surface area contributed by atoms with Gasteiger partial charge in [-0.25, -0.2) is 0 Å². The molecule has 0 heterocycles. The highest BCUT2D eigenvalue weighted by molar-refractivity contribution is 7.80. The molecule has 90 valence electrons. The maximum absolute atomic E-state index is 11.8. The molecule has 0 unspecified atom stereocenters. The highest BCUT2D eigenvalue weighted by atomic mass is 32.1. The van der Waals surface area contributed by atoms with Crippen LogP contribution in [0.5, 0.6) is 0 Å². The first-order chi connectivity index (χ1) is 7.68. The van der Waals surface area contributed by atoms with Crippen LogP contribution in [-0.4, -0.2) is 18.2 Å². The van der Waals surface area contributed by atoms with E-state index in [-0.39, 0.29) is 11.3 Å². The average molecular weight is 239 g/mol. The van der Waals surface area contributed by atoms with Crippen molar-refractivity contribution in [3.63, 3.8) is 0 Å². The molecule has 1 N–H and O–H groups in total. The lowest BCUT2D eigenvalue weighted by Crippen LogP contribution is -2.32. The highest BCUT2D eigenvalue weighted by Crippen LogP contribution is 2.60. The summed E-state index contributed by atoms with van der Waals surface area (Å²) in [7, 11) is 0. The zero-order valence-corrected chi connectivity index (χ0v) is 10.7. The fourth-order valence-corrected chi connectivity index (χ4v) is 3.26. The van der Waals surface area contributed by atoms with Crippen molar-refractivity contribution in [3.05, 3.63) is 0 Å². The normalized spacial score (nSPS) is 28.6. The Morgan fingerprint density at radius 3 is 2.38 bits per heavy atom. The Morgan fingerprint density at radius 1 is 1.25 bits per heavy atom. The summed E-state index contributed by atoms with van der Waals surface area (Å²) in [4.78, 5) is 11.8. The molecule has 0 aromatic carbocycles. The fraction of sp³-hybridized carbons (Fsp3) is 0.923. The minimum Gasteiger partial charge on any atom is -0.356 e. The summed E-state index contributed by atoms with van der Waals surface area (Å²) in [5, 5.41) is 3.16. The van der Waals surface area contributed by atoms with E-state index < -0.39 is 0 Å². The van der Waals surface area contributed by atoms with Gasteiger partial charge in [-0.1, -0.05) is 0 Å². The van der Waals surface area contributed by atoms with Crippen LogP contribution in [0.15, 0.2) is 0 Å². The maximum Gasteiger partial charge on any atom is 0.220 e. The summed E-state index contributed by atoms with van der Waals surface area (Å²) >= 11 is 4.34. The summed E-state index contributed by atoms with van der Waals surface area (Å²) in [6, 6.07) is 0. The Morgan fingerprint density at radius 2 is 1.94 bits per heavy atom. The average Bonchev–Trinajstić information content (AvgIpc) is 3.13. The predicted molar refractivity (Wildman–Crippen MR) is 67.5 cm³/mol. The van der Waals surface area contributed by atoms with Crippen LogP contribution in [-0.2, 0) is 4.79 Å². The third-order valence-electron chi connectivity index (χ3n) is 4.80. The number of rotatable bonds is 6. The van der Waals surface area contributed by atoms with Crippen LogP contribution < -0.4 is 5.32 Å². The van der Waals surface area contributed by atoms with Crippen molar-refractivity contribution >= 4 is 18.5 Å². The van der Waals surface area contributed by atoms with Gasteiger partial charge >= 0.3 is 0 Å². The second-order valence-corrected chi connectivity index (χ2v) is 6.56. The molecule has 3 saturated carbocycles. The molecule has 3 aliphatic rings. The molecule has 0 aromatic heterocycles. The molecule has 3 rings (SSSR count). The SMILES string of the molecule is O=C(CC1(CS)CC1)NCC1(C2CC2)CC1. The smallest absolute Gasteiger partial charge is 0.220 e. The molecule has 0 aliphatic heterocycles. The van der Waals surface area contributed by atoms with Crippen LogP contribution in [0.2, 0.25) is 0 Å². The minimum atomic E-state index is 0.262. The summed E-state index contributed by atoms with van der Waals surface area (Å²) in [5.74, 6) is 2.07. The third-order valence-corrected chi connectivity index (χ3v) is 5.47. The molecule has 0 spiro atoms. The minimum absolute atomic E-state index is 0.262. The van der Waals surface area contributed by atoms with E-state index >= 15 is 0 Å². The van der Waals surface area contributed by atoms with Crippen molar-refractivity contribution in [1.29, 1.82) is 0 Å². The van der Waals surface area contributed by atoms with Gasteiger partial charge < -0.3 is 5.32 Å². The number of hydrogen-bond donors (Lipinski definition) is 2.